The number of hydrogen-bond acceptors (Lipinski definition) is 5. The van der Waals surface area contributed by atoms with Crippen molar-refractivity contribution in [3.05, 3.63) is 29.3 Å². The van der Waals surface area contributed by atoms with Crippen molar-refractivity contribution >= 4 is 11.8 Å². The summed E-state index contributed by atoms with van der Waals surface area (Å²) in [6.45, 7) is 5.81. The molecule has 1 spiro atoms. The van der Waals surface area contributed by atoms with E-state index in [2.05, 4.69) is 0 Å². The minimum atomic E-state index is -0.245. The summed E-state index contributed by atoms with van der Waals surface area (Å²) < 4.78 is 17.5. The number of nitrogens with zero attached hydrogens (tertiary/aromatic N) is 2. The molecule has 0 saturated carbocycles. The van der Waals surface area contributed by atoms with Gasteiger partial charge in [-0.15, -0.1) is 0 Å². The molecule has 0 N–H and O–H groups in total. The van der Waals surface area contributed by atoms with Crippen molar-refractivity contribution in [2.45, 2.75) is 57.2 Å². The second-order valence-corrected chi connectivity index (χ2v) is 9.02. The molecule has 3 heterocycles. The van der Waals surface area contributed by atoms with E-state index in [9.17, 15) is 9.59 Å². The van der Waals surface area contributed by atoms with E-state index in [1.54, 1.807) is 7.11 Å². The van der Waals surface area contributed by atoms with E-state index in [1.807, 2.05) is 34.9 Å². The molecule has 3 saturated heterocycles. The fourth-order valence-corrected chi connectivity index (χ4v) is 5.01. The normalized spacial score (nSPS) is 23.2. The van der Waals surface area contributed by atoms with Crippen LogP contribution in [0.1, 0.15) is 54.4 Å². The van der Waals surface area contributed by atoms with Crippen molar-refractivity contribution in [1.82, 2.24) is 9.80 Å². The van der Waals surface area contributed by atoms with Gasteiger partial charge in [0.1, 0.15) is 12.4 Å². The average molecular weight is 431 g/mol. The van der Waals surface area contributed by atoms with Crippen LogP contribution in [0.2, 0.25) is 0 Å². The second kappa shape index (κ2) is 9.57. The molecule has 1 aromatic rings. The lowest BCUT2D eigenvalue weighted by molar-refractivity contribution is -0.161. The van der Waals surface area contributed by atoms with Crippen LogP contribution in [-0.4, -0.2) is 79.8 Å². The molecule has 3 aliphatic rings. The predicted molar refractivity (Wildman–Crippen MR) is 116 cm³/mol. The summed E-state index contributed by atoms with van der Waals surface area (Å²) in [6.07, 6.45) is 5.45. The molecule has 0 aromatic heterocycles. The number of methoxy groups -OCH3 is 1. The number of carbonyl (C=O) groups is 2. The van der Waals surface area contributed by atoms with Crippen LogP contribution in [0.4, 0.5) is 0 Å². The fraction of sp³-hybridized carbons (Fsp3) is 0.667. The molecule has 4 rings (SSSR count). The number of ether oxygens (including phenoxy) is 3. The first-order valence-corrected chi connectivity index (χ1v) is 11.5. The second-order valence-electron chi connectivity index (χ2n) is 9.02. The van der Waals surface area contributed by atoms with Gasteiger partial charge in [0, 0.05) is 44.8 Å². The number of carbonyl (C=O) groups excluding carboxylic acids is 2. The van der Waals surface area contributed by atoms with Crippen molar-refractivity contribution in [3.63, 3.8) is 0 Å². The Hall–Kier alpha value is -2.12. The quantitative estimate of drug-likeness (QED) is 0.719. The molecule has 3 fully saturated rings. The van der Waals surface area contributed by atoms with Crippen LogP contribution in [0.15, 0.2) is 18.2 Å². The molecule has 0 aliphatic carbocycles. The Morgan fingerprint density at radius 1 is 1.13 bits per heavy atom. The van der Waals surface area contributed by atoms with E-state index in [1.165, 1.54) is 0 Å². The first-order valence-electron chi connectivity index (χ1n) is 11.5. The van der Waals surface area contributed by atoms with Crippen LogP contribution in [0.25, 0.3) is 0 Å². The third-order valence-electron chi connectivity index (χ3n) is 6.97. The lowest BCUT2D eigenvalue weighted by atomic mass is 9.83. The number of piperidine rings is 1. The minimum Gasteiger partial charge on any atom is -0.497 e. The highest BCUT2D eigenvalue weighted by atomic mass is 16.5. The van der Waals surface area contributed by atoms with Crippen LogP contribution in [0.3, 0.4) is 0 Å². The summed E-state index contributed by atoms with van der Waals surface area (Å²) in [4.78, 5) is 29.2. The molecule has 1 unspecified atom stereocenters. The van der Waals surface area contributed by atoms with Crippen molar-refractivity contribution in [2.24, 2.45) is 0 Å². The average Bonchev–Trinajstić information content (AvgIpc) is 3.33. The van der Waals surface area contributed by atoms with Gasteiger partial charge in [-0.3, -0.25) is 9.59 Å². The molecule has 1 atom stereocenters. The van der Waals surface area contributed by atoms with E-state index in [4.69, 9.17) is 14.2 Å². The molecule has 0 bridgehead atoms. The third kappa shape index (κ3) is 5.04. The smallest absolute Gasteiger partial charge is 0.254 e. The Morgan fingerprint density at radius 3 is 2.55 bits per heavy atom. The molecular formula is C24H34N2O5. The van der Waals surface area contributed by atoms with E-state index in [0.717, 1.165) is 68.5 Å². The van der Waals surface area contributed by atoms with Gasteiger partial charge in [0.25, 0.3) is 5.91 Å². The lowest BCUT2D eigenvalue weighted by Crippen LogP contribution is -2.52. The van der Waals surface area contributed by atoms with Gasteiger partial charge in [0.15, 0.2) is 0 Å². The molecule has 170 valence electrons. The van der Waals surface area contributed by atoms with Gasteiger partial charge >= 0.3 is 0 Å². The molecule has 7 heteroatoms. The third-order valence-corrected chi connectivity index (χ3v) is 6.97. The molecule has 0 radical (unpaired) electrons. The first-order chi connectivity index (χ1) is 15.0. The monoisotopic (exact) mass is 430 g/mol. The van der Waals surface area contributed by atoms with Gasteiger partial charge in [0.2, 0.25) is 5.91 Å². The van der Waals surface area contributed by atoms with Crippen LogP contribution < -0.4 is 4.74 Å². The van der Waals surface area contributed by atoms with E-state index >= 15 is 0 Å². The predicted octanol–water partition coefficient (Wildman–Crippen LogP) is 2.80. The topological polar surface area (TPSA) is 68.3 Å². The number of aryl methyl sites for hydroxylation is 1. The fourth-order valence-electron chi connectivity index (χ4n) is 5.01. The zero-order chi connectivity index (χ0) is 21.8. The van der Waals surface area contributed by atoms with Crippen molar-refractivity contribution < 1.29 is 23.8 Å². The van der Waals surface area contributed by atoms with E-state index in [-0.39, 0.29) is 30.1 Å². The number of likely N-dealkylation sites (tertiary alicyclic amines) is 2. The Bertz CT molecular complexity index is 797. The Balaban J connectivity index is 1.29. The maximum absolute atomic E-state index is 13.0. The zero-order valence-corrected chi connectivity index (χ0v) is 18.7. The van der Waals surface area contributed by atoms with Gasteiger partial charge in [-0.2, -0.15) is 0 Å². The van der Waals surface area contributed by atoms with Gasteiger partial charge in [-0.05, 0) is 62.8 Å². The van der Waals surface area contributed by atoms with E-state index in [0.29, 0.717) is 19.7 Å². The van der Waals surface area contributed by atoms with Crippen LogP contribution in [0.5, 0.6) is 5.75 Å². The van der Waals surface area contributed by atoms with Gasteiger partial charge < -0.3 is 24.0 Å². The minimum absolute atomic E-state index is 0.0476. The number of amides is 2. The Kier molecular flexibility index (Phi) is 6.82. The highest BCUT2D eigenvalue weighted by Gasteiger charge is 2.42. The SMILES string of the molecule is COc1ccc(C(=O)N2CCC3(CC2)CC(OCC(=O)N2CCCC2)CCO3)c(C)c1. The van der Waals surface area contributed by atoms with Crippen molar-refractivity contribution in [3.8, 4) is 5.75 Å². The molecule has 3 aliphatic heterocycles. The standard InChI is InChI=1S/C24H34N2O5/c1-18-15-19(29-2)5-6-21(18)23(28)26-12-8-24(9-13-26)16-20(7-14-31-24)30-17-22(27)25-10-3-4-11-25/h5-6,15,20H,3-4,7-14,16-17H2,1-2H3. The molecule has 1 aromatic carbocycles. The van der Waals surface area contributed by atoms with Crippen molar-refractivity contribution in [1.29, 1.82) is 0 Å². The summed E-state index contributed by atoms with van der Waals surface area (Å²) >= 11 is 0. The first kappa shape index (κ1) is 22.1. The maximum atomic E-state index is 13.0. The summed E-state index contributed by atoms with van der Waals surface area (Å²) in [7, 11) is 1.63. The summed E-state index contributed by atoms with van der Waals surface area (Å²) in [6, 6.07) is 5.58. The number of hydrogen-bond donors (Lipinski definition) is 0. The molecule has 2 amide bonds. The number of rotatable bonds is 5. The van der Waals surface area contributed by atoms with E-state index < -0.39 is 0 Å². The lowest BCUT2D eigenvalue weighted by Gasteiger charge is -2.46. The van der Waals surface area contributed by atoms with Crippen LogP contribution >= 0.6 is 0 Å². The maximum Gasteiger partial charge on any atom is 0.254 e. The van der Waals surface area contributed by atoms with Gasteiger partial charge in [0.05, 0.1) is 18.8 Å². The largest absolute Gasteiger partial charge is 0.497 e. The molecular weight excluding hydrogens is 396 g/mol. The summed E-state index contributed by atoms with van der Waals surface area (Å²) in [5, 5.41) is 0. The highest BCUT2D eigenvalue weighted by molar-refractivity contribution is 5.95. The summed E-state index contributed by atoms with van der Waals surface area (Å²) in [5.74, 6) is 0.930. The van der Waals surface area contributed by atoms with Crippen LogP contribution in [-0.2, 0) is 14.3 Å². The Labute approximate surface area is 184 Å². The van der Waals surface area contributed by atoms with Gasteiger partial charge in [-0.1, -0.05) is 0 Å². The zero-order valence-electron chi connectivity index (χ0n) is 18.7. The number of benzene rings is 1. The molecule has 31 heavy (non-hydrogen) atoms. The van der Waals surface area contributed by atoms with Crippen molar-refractivity contribution in [2.75, 3.05) is 46.5 Å². The Morgan fingerprint density at radius 2 is 1.87 bits per heavy atom. The highest BCUT2D eigenvalue weighted by Crippen LogP contribution is 2.36. The molecule has 7 nitrogen and oxygen atoms in total. The van der Waals surface area contributed by atoms with Crippen LogP contribution in [0, 0.1) is 6.92 Å². The summed E-state index contributed by atoms with van der Waals surface area (Å²) in [5.41, 5.74) is 1.41. The van der Waals surface area contributed by atoms with Gasteiger partial charge in [-0.25, -0.2) is 0 Å².